The predicted octanol–water partition coefficient (Wildman–Crippen LogP) is 3.53. The van der Waals surface area contributed by atoms with E-state index in [1.54, 1.807) is 0 Å². The highest BCUT2D eigenvalue weighted by Gasteiger charge is 2.19. The van der Waals surface area contributed by atoms with E-state index in [2.05, 4.69) is 43.2 Å². The summed E-state index contributed by atoms with van der Waals surface area (Å²) in [5.74, 6) is 2.47. The molecule has 2 rings (SSSR count). The van der Waals surface area contributed by atoms with Gasteiger partial charge in [0.15, 0.2) is 5.96 Å². The fraction of sp³-hybridized carbons (Fsp3) is 0.632. The van der Waals surface area contributed by atoms with Crippen molar-refractivity contribution in [3.8, 4) is 5.75 Å². The number of guanidine groups is 1. The smallest absolute Gasteiger partial charge is 0.193 e. The number of benzene rings is 1. The lowest BCUT2D eigenvalue weighted by atomic mass is 10.1. The highest BCUT2D eigenvalue weighted by Crippen LogP contribution is 2.15. The molecule has 1 aliphatic heterocycles. The first-order valence-corrected chi connectivity index (χ1v) is 9.01. The Morgan fingerprint density at radius 1 is 1.40 bits per heavy atom. The van der Waals surface area contributed by atoms with E-state index in [-0.39, 0.29) is 24.0 Å². The molecule has 0 aliphatic carbocycles. The van der Waals surface area contributed by atoms with Crippen LogP contribution in [0.4, 0.5) is 0 Å². The molecule has 0 aromatic heterocycles. The van der Waals surface area contributed by atoms with Crippen LogP contribution < -0.4 is 10.1 Å². The van der Waals surface area contributed by atoms with E-state index in [9.17, 15) is 0 Å². The Morgan fingerprint density at radius 2 is 2.24 bits per heavy atom. The number of aliphatic imine (C=N–C) groups is 1. The molecular formula is C19H32IN3O2. The second-order valence-electron chi connectivity index (χ2n) is 6.28. The molecule has 1 atom stereocenters. The molecule has 5 nitrogen and oxygen atoms in total. The minimum Gasteiger partial charge on any atom is -0.494 e. The molecule has 1 heterocycles. The van der Waals surface area contributed by atoms with Gasteiger partial charge in [0.25, 0.3) is 0 Å². The molecule has 142 valence electrons. The van der Waals surface area contributed by atoms with Crippen molar-refractivity contribution in [1.29, 1.82) is 0 Å². The van der Waals surface area contributed by atoms with Crippen LogP contribution in [0.25, 0.3) is 0 Å². The van der Waals surface area contributed by atoms with Gasteiger partial charge in [-0.1, -0.05) is 19.1 Å². The molecule has 1 unspecified atom stereocenters. The first-order valence-electron chi connectivity index (χ1n) is 9.01. The summed E-state index contributed by atoms with van der Waals surface area (Å²) in [4.78, 5) is 6.99. The highest BCUT2D eigenvalue weighted by molar-refractivity contribution is 14.0. The summed E-state index contributed by atoms with van der Waals surface area (Å²) in [5, 5.41) is 3.38. The van der Waals surface area contributed by atoms with Crippen LogP contribution in [0.1, 0.15) is 32.3 Å². The normalized spacial score (nSPS) is 17.1. The number of ether oxygens (including phenoxy) is 2. The van der Waals surface area contributed by atoms with Crippen LogP contribution in [0.3, 0.4) is 0 Å². The third-order valence-electron chi connectivity index (χ3n) is 4.04. The average molecular weight is 461 g/mol. The summed E-state index contributed by atoms with van der Waals surface area (Å²) in [6, 6.07) is 8.20. The summed E-state index contributed by atoms with van der Waals surface area (Å²) >= 11 is 0. The minimum atomic E-state index is 0. The van der Waals surface area contributed by atoms with Crippen LogP contribution in [0.15, 0.2) is 29.3 Å². The lowest BCUT2D eigenvalue weighted by Gasteiger charge is -2.24. The first kappa shape index (κ1) is 22.0. The number of nitrogens with one attached hydrogen (secondary N) is 1. The molecule has 0 saturated carbocycles. The zero-order chi connectivity index (χ0) is 17.2. The maximum atomic E-state index is 5.70. The van der Waals surface area contributed by atoms with E-state index in [4.69, 9.17) is 14.5 Å². The average Bonchev–Trinajstić information content (AvgIpc) is 3.10. The first-order chi connectivity index (χ1) is 11.7. The molecule has 0 radical (unpaired) electrons. The number of hydrogen-bond donors (Lipinski definition) is 1. The molecule has 1 N–H and O–H groups in total. The van der Waals surface area contributed by atoms with Crippen LogP contribution in [-0.2, 0) is 11.3 Å². The van der Waals surface area contributed by atoms with E-state index >= 15 is 0 Å². The van der Waals surface area contributed by atoms with Crippen molar-refractivity contribution in [2.45, 2.75) is 33.2 Å². The van der Waals surface area contributed by atoms with Gasteiger partial charge in [0, 0.05) is 32.7 Å². The van der Waals surface area contributed by atoms with Gasteiger partial charge in [0.2, 0.25) is 0 Å². The third-order valence-corrected chi connectivity index (χ3v) is 4.04. The Hall–Kier alpha value is -1.02. The summed E-state index contributed by atoms with van der Waals surface area (Å²) in [6.07, 6.45) is 2.16. The number of rotatable bonds is 8. The quantitative estimate of drug-likeness (QED) is 0.366. The predicted molar refractivity (Wildman–Crippen MR) is 114 cm³/mol. The van der Waals surface area contributed by atoms with Crippen LogP contribution >= 0.6 is 24.0 Å². The molecule has 1 aromatic carbocycles. The van der Waals surface area contributed by atoms with Gasteiger partial charge in [-0.05, 0) is 37.5 Å². The molecule has 1 fully saturated rings. The molecule has 1 saturated heterocycles. The Labute approximate surface area is 169 Å². The molecule has 6 heteroatoms. The van der Waals surface area contributed by atoms with Gasteiger partial charge >= 0.3 is 0 Å². The van der Waals surface area contributed by atoms with Crippen molar-refractivity contribution in [1.82, 2.24) is 10.2 Å². The molecule has 0 amide bonds. The summed E-state index contributed by atoms with van der Waals surface area (Å²) in [5.41, 5.74) is 1.16. The Morgan fingerprint density at radius 3 is 2.92 bits per heavy atom. The van der Waals surface area contributed by atoms with Gasteiger partial charge in [-0.2, -0.15) is 0 Å². The van der Waals surface area contributed by atoms with Crippen molar-refractivity contribution in [3.63, 3.8) is 0 Å². The van der Waals surface area contributed by atoms with Gasteiger partial charge < -0.3 is 19.7 Å². The van der Waals surface area contributed by atoms with E-state index in [1.807, 2.05) is 12.1 Å². The van der Waals surface area contributed by atoms with E-state index in [0.29, 0.717) is 12.5 Å². The second-order valence-corrected chi connectivity index (χ2v) is 6.28. The molecule has 0 bridgehead atoms. The van der Waals surface area contributed by atoms with Crippen molar-refractivity contribution >= 4 is 29.9 Å². The van der Waals surface area contributed by atoms with Gasteiger partial charge in [-0.3, -0.25) is 0 Å². The number of halogens is 1. The lowest BCUT2D eigenvalue weighted by Crippen LogP contribution is -2.41. The van der Waals surface area contributed by atoms with Crippen molar-refractivity contribution in [2.24, 2.45) is 10.9 Å². The van der Waals surface area contributed by atoms with Crippen molar-refractivity contribution in [3.05, 3.63) is 29.8 Å². The zero-order valence-electron chi connectivity index (χ0n) is 15.7. The van der Waals surface area contributed by atoms with Gasteiger partial charge in [0.05, 0.1) is 19.8 Å². The van der Waals surface area contributed by atoms with Gasteiger partial charge in [-0.25, -0.2) is 4.99 Å². The second kappa shape index (κ2) is 12.4. The van der Waals surface area contributed by atoms with Crippen LogP contribution in [-0.4, -0.2) is 50.8 Å². The van der Waals surface area contributed by atoms with Crippen molar-refractivity contribution < 1.29 is 9.47 Å². The monoisotopic (exact) mass is 461 g/mol. The fourth-order valence-electron chi connectivity index (χ4n) is 2.79. The van der Waals surface area contributed by atoms with E-state index in [1.165, 1.54) is 0 Å². The summed E-state index contributed by atoms with van der Waals surface area (Å²) in [7, 11) is 2.10. The maximum Gasteiger partial charge on any atom is 0.193 e. The summed E-state index contributed by atoms with van der Waals surface area (Å²) in [6.45, 7) is 9.20. The van der Waals surface area contributed by atoms with Crippen LogP contribution in [0.2, 0.25) is 0 Å². The lowest BCUT2D eigenvalue weighted by molar-refractivity contribution is 0.181. The Bertz CT molecular complexity index is 519. The molecule has 1 aliphatic rings. The fourth-order valence-corrected chi connectivity index (χ4v) is 2.79. The maximum absolute atomic E-state index is 5.70. The van der Waals surface area contributed by atoms with Gasteiger partial charge in [-0.15, -0.1) is 24.0 Å². The topological polar surface area (TPSA) is 46.1 Å². The van der Waals surface area contributed by atoms with Crippen LogP contribution in [0, 0.1) is 5.92 Å². The molecule has 25 heavy (non-hydrogen) atoms. The van der Waals surface area contributed by atoms with E-state index in [0.717, 1.165) is 63.0 Å². The molecule has 0 spiro atoms. The minimum absolute atomic E-state index is 0. The zero-order valence-corrected chi connectivity index (χ0v) is 18.0. The third kappa shape index (κ3) is 7.81. The Balaban J connectivity index is 0.00000312. The molecule has 1 aromatic rings. The van der Waals surface area contributed by atoms with Crippen molar-refractivity contribution in [2.75, 3.05) is 40.0 Å². The number of nitrogens with zero attached hydrogens (tertiary/aromatic N) is 2. The highest BCUT2D eigenvalue weighted by atomic mass is 127. The number of hydrogen-bond acceptors (Lipinski definition) is 3. The Kier molecular flexibility index (Phi) is 10.9. The summed E-state index contributed by atoms with van der Waals surface area (Å²) < 4.78 is 11.2. The van der Waals surface area contributed by atoms with E-state index < -0.39 is 0 Å². The SMILES string of the molecule is CCCOc1cccc(CN=C(NCC)N(C)CC2CCOC2)c1.I. The standard InChI is InChI=1S/C19H31N3O2.HI/c1-4-10-24-18-8-6-7-16(12-18)13-21-19(20-5-2)22(3)14-17-9-11-23-15-17;/h6-8,12,17H,4-5,9-11,13-15H2,1-3H3,(H,20,21);1H. The largest absolute Gasteiger partial charge is 0.494 e. The van der Waals surface area contributed by atoms with Gasteiger partial charge in [0.1, 0.15) is 5.75 Å². The van der Waals surface area contributed by atoms with Crippen LogP contribution in [0.5, 0.6) is 5.75 Å². The molecular weight excluding hydrogens is 429 g/mol.